The summed E-state index contributed by atoms with van der Waals surface area (Å²) in [5, 5.41) is 0. The Balaban J connectivity index is 2.56. The van der Waals surface area contributed by atoms with Crippen molar-refractivity contribution in [2.24, 2.45) is 10.9 Å². The molecule has 0 unspecified atom stereocenters. The fourth-order valence-electron chi connectivity index (χ4n) is 1.42. The molecule has 1 aliphatic carbocycles. The summed E-state index contributed by atoms with van der Waals surface area (Å²) in [6.07, 6.45) is 7.50. The van der Waals surface area contributed by atoms with Crippen LogP contribution in [-0.2, 0) is 0 Å². The molecule has 1 rings (SSSR count). The second kappa shape index (κ2) is 4.44. The highest BCUT2D eigenvalue weighted by atomic mass is 14.7. The molecule has 0 spiro atoms. The van der Waals surface area contributed by atoms with E-state index in [0.717, 1.165) is 12.3 Å². The van der Waals surface area contributed by atoms with Gasteiger partial charge in [-0.15, -0.1) is 0 Å². The van der Waals surface area contributed by atoms with Gasteiger partial charge in [-0.1, -0.05) is 18.9 Å². The van der Waals surface area contributed by atoms with Gasteiger partial charge in [0.25, 0.3) is 0 Å². The lowest BCUT2D eigenvalue weighted by molar-refractivity contribution is 0.414. The summed E-state index contributed by atoms with van der Waals surface area (Å²) in [5.74, 6) is 0.775. The van der Waals surface area contributed by atoms with Crippen LogP contribution in [0.4, 0.5) is 0 Å². The zero-order valence-corrected chi connectivity index (χ0v) is 8.43. The van der Waals surface area contributed by atoms with Gasteiger partial charge in [0, 0.05) is 18.7 Å². The minimum atomic E-state index is 0.775. The molecule has 0 aromatic carbocycles. The van der Waals surface area contributed by atoms with Crippen LogP contribution in [0.2, 0.25) is 0 Å². The molecule has 1 saturated carbocycles. The number of rotatable bonds is 3. The summed E-state index contributed by atoms with van der Waals surface area (Å²) < 4.78 is 0. The Morgan fingerprint density at radius 1 is 1.50 bits per heavy atom. The van der Waals surface area contributed by atoms with E-state index in [2.05, 4.69) is 24.9 Å². The van der Waals surface area contributed by atoms with Crippen molar-refractivity contribution >= 4 is 5.71 Å². The first kappa shape index (κ1) is 9.50. The minimum Gasteiger partial charge on any atom is -0.293 e. The maximum atomic E-state index is 4.34. The van der Waals surface area contributed by atoms with Crippen molar-refractivity contribution in [3.05, 3.63) is 11.6 Å². The zero-order chi connectivity index (χ0) is 8.97. The van der Waals surface area contributed by atoms with Crippen LogP contribution in [0.3, 0.4) is 0 Å². The normalized spacial score (nSPS) is 20.9. The van der Waals surface area contributed by atoms with Crippen molar-refractivity contribution in [2.75, 3.05) is 7.05 Å². The molecule has 0 N–H and O–H groups in total. The second-order valence-corrected chi connectivity index (χ2v) is 3.62. The van der Waals surface area contributed by atoms with E-state index in [-0.39, 0.29) is 0 Å². The van der Waals surface area contributed by atoms with E-state index in [9.17, 15) is 0 Å². The lowest BCUT2D eigenvalue weighted by Crippen LogP contribution is -2.20. The average Bonchev–Trinajstić information content (AvgIpc) is 1.99. The van der Waals surface area contributed by atoms with Gasteiger partial charge >= 0.3 is 0 Å². The third-order valence-corrected chi connectivity index (χ3v) is 2.73. The summed E-state index contributed by atoms with van der Waals surface area (Å²) in [6.45, 7) is 4.38. The maximum Gasteiger partial charge on any atom is 0.0375 e. The molecule has 1 nitrogen and oxygen atoms in total. The zero-order valence-electron chi connectivity index (χ0n) is 8.43. The fraction of sp³-hybridized carbons (Fsp3) is 0.727. The highest BCUT2D eigenvalue weighted by Crippen LogP contribution is 2.28. The van der Waals surface area contributed by atoms with Crippen LogP contribution in [0.15, 0.2) is 16.6 Å². The number of nitrogens with zero attached hydrogens (tertiary/aromatic N) is 1. The number of hydrogen-bond acceptors (Lipinski definition) is 1. The van der Waals surface area contributed by atoms with Crippen molar-refractivity contribution in [2.45, 2.75) is 39.5 Å². The number of aliphatic imine (C=N–C) groups is 1. The molecule has 0 bridgehead atoms. The van der Waals surface area contributed by atoms with Gasteiger partial charge in [0.2, 0.25) is 0 Å². The molecule has 1 aliphatic rings. The van der Waals surface area contributed by atoms with Gasteiger partial charge in [-0.05, 0) is 32.3 Å². The van der Waals surface area contributed by atoms with E-state index >= 15 is 0 Å². The summed E-state index contributed by atoms with van der Waals surface area (Å²) in [6, 6.07) is 0. The highest BCUT2D eigenvalue weighted by Gasteiger charge is 2.21. The molecule has 0 amide bonds. The smallest absolute Gasteiger partial charge is 0.0375 e. The summed E-state index contributed by atoms with van der Waals surface area (Å²) in [4.78, 5) is 4.34. The maximum absolute atomic E-state index is 4.34. The highest BCUT2D eigenvalue weighted by molar-refractivity contribution is 5.97. The van der Waals surface area contributed by atoms with Gasteiger partial charge < -0.3 is 0 Å². The van der Waals surface area contributed by atoms with Gasteiger partial charge in [0.1, 0.15) is 0 Å². The van der Waals surface area contributed by atoms with Crippen LogP contribution in [0.5, 0.6) is 0 Å². The van der Waals surface area contributed by atoms with Gasteiger partial charge in [-0.2, -0.15) is 0 Å². The molecule has 0 aromatic heterocycles. The van der Waals surface area contributed by atoms with E-state index in [1.54, 1.807) is 0 Å². The predicted octanol–water partition coefficient (Wildman–Crippen LogP) is 3.21. The van der Waals surface area contributed by atoms with E-state index in [1.807, 2.05) is 7.05 Å². The molecule has 12 heavy (non-hydrogen) atoms. The van der Waals surface area contributed by atoms with Crippen molar-refractivity contribution in [1.82, 2.24) is 0 Å². The molecule has 0 radical (unpaired) electrons. The summed E-state index contributed by atoms with van der Waals surface area (Å²) in [7, 11) is 1.91. The molecule has 68 valence electrons. The monoisotopic (exact) mass is 165 g/mol. The van der Waals surface area contributed by atoms with E-state index < -0.39 is 0 Å². The van der Waals surface area contributed by atoms with Crippen LogP contribution in [-0.4, -0.2) is 12.8 Å². The Labute approximate surface area is 75.6 Å². The van der Waals surface area contributed by atoms with E-state index in [4.69, 9.17) is 0 Å². The fourth-order valence-corrected chi connectivity index (χ4v) is 1.42. The van der Waals surface area contributed by atoms with Crippen LogP contribution in [0.1, 0.15) is 39.5 Å². The quantitative estimate of drug-likeness (QED) is 0.569. The molecule has 1 heteroatoms. The summed E-state index contributed by atoms with van der Waals surface area (Å²) >= 11 is 0. The predicted molar refractivity (Wildman–Crippen MR) is 54.7 cm³/mol. The first-order valence-electron chi connectivity index (χ1n) is 4.91. The van der Waals surface area contributed by atoms with Crippen LogP contribution in [0, 0.1) is 5.92 Å². The third-order valence-electron chi connectivity index (χ3n) is 2.73. The molecular formula is C11H19N. The second-order valence-electron chi connectivity index (χ2n) is 3.62. The van der Waals surface area contributed by atoms with Gasteiger partial charge in [-0.3, -0.25) is 4.99 Å². The molecule has 0 atom stereocenters. The number of allylic oxidation sites excluding steroid dienone is 2. The average molecular weight is 165 g/mol. The standard InChI is InChI=1S/C11H19N/c1-4-9(2)8-11(12-3)10-6-5-7-10/h8,10H,4-7H2,1-3H3/b9-8+,12-11+. The Morgan fingerprint density at radius 2 is 2.17 bits per heavy atom. The van der Waals surface area contributed by atoms with Crippen molar-refractivity contribution in [3.8, 4) is 0 Å². The Hall–Kier alpha value is -0.590. The Bertz CT molecular complexity index is 197. The Kier molecular flexibility index (Phi) is 3.51. The lowest BCUT2D eigenvalue weighted by Gasteiger charge is -2.25. The molecular weight excluding hydrogens is 146 g/mol. The van der Waals surface area contributed by atoms with Gasteiger partial charge in [0.05, 0.1) is 0 Å². The SMILES string of the molecule is CC/C(C)=C/C(=N\C)C1CCC1. The number of hydrogen-bond donors (Lipinski definition) is 0. The molecule has 0 aliphatic heterocycles. The van der Waals surface area contributed by atoms with Crippen molar-refractivity contribution < 1.29 is 0 Å². The lowest BCUT2D eigenvalue weighted by atomic mass is 9.81. The molecule has 0 heterocycles. The van der Waals surface area contributed by atoms with Crippen LogP contribution >= 0.6 is 0 Å². The Morgan fingerprint density at radius 3 is 2.50 bits per heavy atom. The van der Waals surface area contributed by atoms with Crippen LogP contribution < -0.4 is 0 Å². The first-order chi connectivity index (χ1) is 5.77. The van der Waals surface area contributed by atoms with Crippen molar-refractivity contribution in [3.63, 3.8) is 0 Å². The molecule has 0 saturated heterocycles. The van der Waals surface area contributed by atoms with Gasteiger partial charge in [0.15, 0.2) is 0 Å². The summed E-state index contributed by atoms with van der Waals surface area (Å²) in [5.41, 5.74) is 2.77. The largest absolute Gasteiger partial charge is 0.293 e. The van der Waals surface area contributed by atoms with E-state index in [1.165, 1.54) is 30.5 Å². The first-order valence-corrected chi connectivity index (χ1v) is 4.91. The topological polar surface area (TPSA) is 12.4 Å². The van der Waals surface area contributed by atoms with E-state index in [0.29, 0.717) is 0 Å². The molecule has 1 fully saturated rings. The van der Waals surface area contributed by atoms with Gasteiger partial charge in [-0.25, -0.2) is 0 Å². The van der Waals surface area contributed by atoms with Crippen LogP contribution in [0.25, 0.3) is 0 Å². The third kappa shape index (κ3) is 2.20. The molecule has 0 aromatic rings. The minimum absolute atomic E-state index is 0.775. The van der Waals surface area contributed by atoms with Crippen molar-refractivity contribution in [1.29, 1.82) is 0 Å².